The maximum absolute atomic E-state index is 13.6. The number of halogens is 1. The van der Waals surface area contributed by atoms with Crippen LogP contribution < -0.4 is 5.32 Å². The lowest BCUT2D eigenvalue weighted by Crippen LogP contribution is -2.45. The van der Waals surface area contributed by atoms with Gasteiger partial charge in [-0.1, -0.05) is 58.0 Å². The Hall–Kier alpha value is -3.65. The average molecular weight is 524 g/mol. The molecule has 7 nitrogen and oxygen atoms in total. The van der Waals surface area contributed by atoms with Crippen LogP contribution in [0, 0.1) is 5.82 Å². The van der Waals surface area contributed by atoms with E-state index in [9.17, 15) is 14.0 Å². The van der Waals surface area contributed by atoms with E-state index in [1.807, 2.05) is 18.2 Å². The fourth-order valence-corrected chi connectivity index (χ4v) is 4.23. The number of anilines is 1. The normalized spacial score (nSPS) is 11.2. The average Bonchev–Trinajstić information content (AvgIpc) is 3.40. The highest BCUT2D eigenvalue weighted by Gasteiger charge is 2.24. The summed E-state index contributed by atoms with van der Waals surface area (Å²) in [6.45, 7) is 9.17. The van der Waals surface area contributed by atoms with Crippen LogP contribution in [0.5, 0.6) is 0 Å². The minimum absolute atomic E-state index is 0.155. The number of urea groups is 1. The van der Waals surface area contributed by atoms with E-state index >= 15 is 0 Å². The molecule has 0 aliphatic carbocycles. The number of para-hydroxylation sites is 1. The SMILES string of the molecule is COCCN(CC(=O)N(Cc1ccc(F)cc1)Cc1ccco1)C(=O)Nc1c(C(C)C)cccc1C(C)C. The van der Waals surface area contributed by atoms with Gasteiger partial charge < -0.3 is 24.3 Å². The summed E-state index contributed by atoms with van der Waals surface area (Å²) in [5.74, 6) is 0.414. The summed E-state index contributed by atoms with van der Waals surface area (Å²) < 4.78 is 24.1. The Morgan fingerprint density at radius 2 is 1.58 bits per heavy atom. The number of nitrogens with one attached hydrogen (secondary N) is 1. The molecule has 0 unspecified atom stereocenters. The molecule has 0 spiro atoms. The second-order valence-electron chi connectivity index (χ2n) is 9.92. The van der Waals surface area contributed by atoms with Crippen molar-refractivity contribution in [3.8, 4) is 0 Å². The Morgan fingerprint density at radius 3 is 2.13 bits per heavy atom. The van der Waals surface area contributed by atoms with Crippen molar-refractivity contribution in [3.63, 3.8) is 0 Å². The summed E-state index contributed by atoms with van der Waals surface area (Å²) in [6.07, 6.45) is 1.55. The van der Waals surface area contributed by atoms with Gasteiger partial charge in [0.1, 0.15) is 18.1 Å². The Labute approximate surface area is 224 Å². The number of hydrogen-bond donors (Lipinski definition) is 1. The molecular formula is C30H38FN3O4. The standard InChI is InChI=1S/C30H38FN3O4/c1-21(2)26-9-6-10-27(22(3)4)29(26)32-30(36)33(15-17-37-5)20-28(35)34(19-25-8-7-16-38-25)18-23-11-13-24(31)14-12-23/h6-14,16,21-22H,15,17-20H2,1-5H3,(H,32,36). The molecule has 0 atom stereocenters. The van der Waals surface area contributed by atoms with Gasteiger partial charge in [0.2, 0.25) is 5.91 Å². The minimum atomic E-state index is -0.370. The molecule has 0 bridgehead atoms. The molecule has 0 aliphatic heterocycles. The molecule has 3 rings (SSSR count). The first-order valence-electron chi connectivity index (χ1n) is 12.9. The second-order valence-corrected chi connectivity index (χ2v) is 9.92. The number of methoxy groups -OCH3 is 1. The smallest absolute Gasteiger partial charge is 0.322 e. The summed E-state index contributed by atoms with van der Waals surface area (Å²) in [7, 11) is 1.56. The monoisotopic (exact) mass is 523 g/mol. The maximum atomic E-state index is 13.6. The molecule has 0 saturated heterocycles. The Morgan fingerprint density at radius 1 is 0.921 bits per heavy atom. The molecule has 3 amide bonds. The van der Waals surface area contributed by atoms with Crippen molar-refractivity contribution < 1.29 is 23.1 Å². The molecule has 1 heterocycles. The topological polar surface area (TPSA) is 75.0 Å². The highest BCUT2D eigenvalue weighted by Crippen LogP contribution is 2.32. The van der Waals surface area contributed by atoms with Gasteiger partial charge in [0.15, 0.2) is 0 Å². The van der Waals surface area contributed by atoms with Gasteiger partial charge in [-0.25, -0.2) is 9.18 Å². The third-order valence-electron chi connectivity index (χ3n) is 6.35. The lowest BCUT2D eigenvalue weighted by Gasteiger charge is -2.28. The van der Waals surface area contributed by atoms with E-state index in [1.54, 1.807) is 42.5 Å². The van der Waals surface area contributed by atoms with E-state index < -0.39 is 0 Å². The third kappa shape index (κ3) is 7.92. The highest BCUT2D eigenvalue weighted by atomic mass is 19.1. The molecule has 38 heavy (non-hydrogen) atoms. The lowest BCUT2D eigenvalue weighted by molar-refractivity contribution is -0.133. The Kier molecular flexibility index (Phi) is 10.5. The van der Waals surface area contributed by atoms with Crippen molar-refractivity contribution in [1.29, 1.82) is 0 Å². The molecule has 0 saturated carbocycles. The van der Waals surface area contributed by atoms with E-state index in [1.165, 1.54) is 17.0 Å². The fourth-order valence-electron chi connectivity index (χ4n) is 4.23. The van der Waals surface area contributed by atoms with Crippen molar-refractivity contribution in [3.05, 3.63) is 89.1 Å². The predicted octanol–water partition coefficient (Wildman–Crippen LogP) is 6.37. The van der Waals surface area contributed by atoms with Gasteiger partial charge in [-0.05, 0) is 52.8 Å². The van der Waals surface area contributed by atoms with Crippen LogP contribution in [0.4, 0.5) is 14.9 Å². The first-order chi connectivity index (χ1) is 18.2. The van der Waals surface area contributed by atoms with Crippen LogP contribution in [-0.2, 0) is 22.6 Å². The first kappa shape index (κ1) is 28.9. The van der Waals surface area contributed by atoms with Gasteiger partial charge in [0.25, 0.3) is 0 Å². The number of furan rings is 1. The van der Waals surface area contributed by atoms with Crippen LogP contribution in [-0.4, -0.2) is 48.5 Å². The number of benzene rings is 2. The van der Waals surface area contributed by atoms with Crippen molar-refractivity contribution in [2.24, 2.45) is 0 Å². The molecule has 8 heteroatoms. The quantitative estimate of drug-likeness (QED) is 0.299. The number of nitrogens with zero attached hydrogens (tertiary/aromatic N) is 2. The van der Waals surface area contributed by atoms with E-state index in [2.05, 4.69) is 33.0 Å². The number of carbonyl (C=O) groups excluding carboxylic acids is 2. The Balaban J connectivity index is 1.84. The maximum Gasteiger partial charge on any atom is 0.322 e. The van der Waals surface area contributed by atoms with Crippen LogP contribution in [0.25, 0.3) is 0 Å². The lowest BCUT2D eigenvalue weighted by atomic mass is 9.93. The van der Waals surface area contributed by atoms with E-state index in [4.69, 9.17) is 9.15 Å². The molecule has 1 aromatic heterocycles. The van der Waals surface area contributed by atoms with Gasteiger partial charge in [0, 0.05) is 25.9 Å². The zero-order chi connectivity index (χ0) is 27.7. The molecular weight excluding hydrogens is 485 g/mol. The van der Waals surface area contributed by atoms with Crippen LogP contribution >= 0.6 is 0 Å². The summed E-state index contributed by atoms with van der Waals surface area (Å²) in [6, 6.07) is 15.2. The molecule has 204 valence electrons. The summed E-state index contributed by atoms with van der Waals surface area (Å²) in [4.78, 5) is 30.2. The fraction of sp³-hybridized carbons (Fsp3) is 0.400. The highest BCUT2D eigenvalue weighted by molar-refractivity contribution is 5.94. The van der Waals surface area contributed by atoms with Gasteiger partial charge in [0.05, 0.1) is 19.4 Å². The number of ether oxygens (including phenoxy) is 1. The van der Waals surface area contributed by atoms with Gasteiger partial charge in [-0.15, -0.1) is 0 Å². The van der Waals surface area contributed by atoms with E-state index in [0.29, 0.717) is 5.76 Å². The van der Waals surface area contributed by atoms with Crippen molar-refractivity contribution >= 4 is 17.6 Å². The molecule has 0 aliphatic rings. The molecule has 3 aromatic rings. The second kappa shape index (κ2) is 13.8. The first-order valence-corrected chi connectivity index (χ1v) is 12.9. The van der Waals surface area contributed by atoms with E-state index in [-0.39, 0.29) is 62.4 Å². The third-order valence-corrected chi connectivity index (χ3v) is 6.35. The van der Waals surface area contributed by atoms with Crippen LogP contribution in [0.15, 0.2) is 65.3 Å². The number of hydrogen-bond acceptors (Lipinski definition) is 4. The molecule has 2 aromatic carbocycles. The number of rotatable bonds is 12. The van der Waals surface area contributed by atoms with Gasteiger partial charge >= 0.3 is 6.03 Å². The summed E-state index contributed by atoms with van der Waals surface area (Å²) in [5, 5.41) is 3.10. The van der Waals surface area contributed by atoms with Gasteiger partial charge in [-0.2, -0.15) is 0 Å². The summed E-state index contributed by atoms with van der Waals surface area (Å²) in [5.41, 5.74) is 3.64. The summed E-state index contributed by atoms with van der Waals surface area (Å²) >= 11 is 0. The zero-order valence-corrected chi connectivity index (χ0v) is 22.9. The zero-order valence-electron chi connectivity index (χ0n) is 22.9. The largest absolute Gasteiger partial charge is 0.467 e. The van der Waals surface area contributed by atoms with Crippen LogP contribution in [0.2, 0.25) is 0 Å². The predicted molar refractivity (Wildman–Crippen MR) is 146 cm³/mol. The molecule has 0 fully saturated rings. The van der Waals surface area contributed by atoms with Crippen molar-refractivity contribution in [2.45, 2.75) is 52.6 Å². The minimum Gasteiger partial charge on any atom is -0.467 e. The number of carbonyl (C=O) groups is 2. The van der Waals surface area contributed by atoms with Crippen LogP contribution in [0.1, 0.15) is 62.0 Å². The molecule has 0 radical (unpaired) electrons. The van der Waals surface area contributed by atoms with Crippen molar-refractivity contribution in [1.82, 2.24) is 9.80 Å². The molecule has 1 N–H and O–H groups in total. The Bertz CT molecular complexity index is 1150. The van der Waals surface area contributed by atoms with Gasteiger partial charge in [-0.3, -0.25) is 4.79 Å². The van der Waals surface area contributed by atoms with Crippen molar-refractivity contribution in [2.75, 3.05) is 32.1 Å². The van der Waals surface area contributed by atoms with E-state index in [0.717, 1.165) is 22.4 Å². The van der Waals surface area contributed by atoms with Crippen LogP contribution in [0.3, 0.4) is 0 Å². The number of amides is 3.